The molecule has 0 saturated carbocycles. The molecule has 144 valence electrons. The van der Waals surface area contributed by atoms with Crippen LogP contribution in [0.2, 0.25) is 0 Å². The van der Waals surface area contributed by atoms with Crippen LogP contribution in [0.25, 0.3) is 11.4 Å². The summed E-state index contributed by atoms with van der Waals surface area (Å²) in [5, 5.41) is 3.94. The second kappa shape index (κ2) is 7.92. The maximum atomic E-state index is 13.0. The Bertz CT molecular complexity index is 982. The number of aryl methyl sites for hydroxylation is 3. The zero-order valence-corrected chi connectivity index (χ0v) is 15.8. The van der Waals surface area contributed by atoms with Gasteiger partial charge in [-0.2, -0.15) is 4.98 Å². The molecule has 1 aliphatic heterocycles. The number of halogens is 1. The molecular weight excluding hydrogens is 357 g/mol. The summed E-state index contributed by atoms with van der Waals surface area (Å²) in [7, 11) is 0. The van der Waals surface area contributed by atoms with Crippen LogP contribution >= 0.6 is 0 Å². The first-order chi connectivity index (χ1) is 13.6. The van der Waals surface area contributed by atoms with E-state index in [2.05, 4.69) is 35.3 Å². The Morgan fingerprint density at radius 3 is 2.86 bits per heavy atom. The van der Waals surface area contributed by atoms with Crippen LogP contribution in [0, 0.1) is 12.7 Å². The summed E-state index contributed by atoms with van der Waals surface area (Å²) >= 11 is 0. The molecule has 0 atom stereocenters. The molecule has 28 heavy (non-hydrogen) atoms. The molecular formula is C22H22FN3O2. The molecule has 5 nitrogen and oxygen atoms in total. The van der Waals surface area contributed by atoms with Gasteiger partial charge in [-0.25, -0.2) is 4.39 Å². The number of hydrogen-bond donors (Lipinski definition) is 0. The molecule has 0 aliphatic carbocycles. The highest BCUT2D eigenvalue weighted by Crippen LogP contribution is 2.31. The number of nitrogens with zero attached hydrogens (tertiary/aromatic N) is 3. The van der Waals surface area contributed by atoms with Gasteiger partial charge in [-0.3, -0.25) is 4.79 Å². The third-order valence-corrected chi connectivity index (χ3v) is 5.07. The van der Waals surface area contributed by atoms with Gasteiger partial charge >= 0.3 is 0 Å². The minimum absolute atomic E-state index is 0.133. The van der Waals surface area contributed by atoms with E-state index in [9.17, 15) is 9.18 Å². The van der Waals surface area contributed by atoms with Crippen LogP contribution in [-0.4, -0.2) is 22.6 Å². The summed E-state index contributed by atoms with van der Waals surface area (Å²) in [4.78, 5) is 19.1. The lowest BCUT2D eigenvalue weighted by Crippen LogP contribution is -2.36. The molecule has 2 aromatic carbocycles. The topological polar surface area (TPSA) is 59.2 Å². The Kier molecular flexibility index (Phi) is 5.19. The van der Waals surface area contributed by atoms with E-state index in [1.54, 1.807) is 12.1 Å². The Balaban J connectivity index is 1.36. The van der Waals surface area contributed by atoms with Crippen LogP contribution < -0.4 is 4.90 Å². The first kappa shape index (κ1) is 18.3. The van der Waals surface area contributed by atoms with Crippen molar-refractivity contribution < 1.29 is 13.7 Å². The van der Waals surface area contributed by atoms with E-state index < -0.39 is 0 Å². The lowest BCUT2D eigenvalue weighted by molar-refractivity contribution is -0.118. The van der Waals surface area contributed by atoms with E-state index in [1.165, 1.54) is 17.7 Å². The van der Waals surface area contributed by atoms with Gasteiger partial charge in [0.05, 0.1) is 0 Å². The molecule has 0 N–H and O–H groups in total. The number of anilines is 1. The molecule has 0 unspecified atom stereocenters. The first-order valence-electron chi connectivity index (χ1n) is 9.59. The number of rotatable bonds is 5. The summed E-state index contributed by atoms with van der Waals surface area (Å²) < 4.78 is 18.3. The predicted molar refractivity (Wildman–Crippen MR) is 104 cm³/mol. The molecule has 1 aliphatic rings. The van der Waals surface area contributed by atoms with Crippen LogP contribution in [0.15, 0.2) is 47.0 Å². The van der Waals surface area contributed by atoms with E-state index in [0.29, 0.717) is 36.5 Å². The fourth-order valence-corrected chi connectivity index (χ4v) is 3.69. The fourth-order valence-electron chi connectivity index (χ4n) is 3.69. The maximum Gasteiger partial charge on any atom is 0.227 e. The van der Waals surface area contributed by atoms with Crippen molar-refractivity contribution in [1.29, 1.82) is 0 Å². The van der Waals surface area contributed by atoms with Crippen molar-refractivity contribution in [3.05, 3.63) is 65.3 Å². The molecule has 3 aromatic rings. The number of para-hydroxylation sites is 1. The number of aromatic nitrogens is 2. The number of hydrogen-bond acceptors (Lipinski definition) is 4. The third kappa shape index (κ3) is 3.81. The standard InChI is InChI=1S/C22H22FN3O2/c1-15-5-2-6-16-7-4-14-26(21(15)16)20(27)9-3-8-19-24-22(25-28-19)17-10-12-18(23)13-11-17/h2,5-6,10-13H,3-4,7-9,14H2,1H3. The monoisotopic (exact) mass is 379 g/mol. The Morgan fingerprint density at radius 2 is 2.04 bits per heavy atom. The Morgan fingerprint density at radius 1 is 1.21 bits per heavy atom. The van der Waals surface area contributed by atoms with Gasteiger partial charge < -0.3 is 9.42 Å². The van der Waals surface area contributed by atoms with Gasteiger partial charge in [0.15, 0.2) is 0 Å². The van der Waals surface area contributed by atoms with E-state index >= 15 is 0 Å². The minimum Gasteiger partial charge on any atom is -0.339 e. The predicted octanol–water partition coefficient (Wildman–Crippen LogP) is 4.49. The van der Waals surface area contributed by atoms with Gasteiger partial charge in [-0.05, 0) is 61.6 Å². The summed E-state index contributed by atoms with van der Waals surface area (Å²) in [6, 6.07) is 12.2. The molecule has 0 fully saturated rings. The van der Waals surface area contributed by atoms with Gasteiger partial charge in [0, 0.05) is 30.6 Å². The van der Waals surface area contributed by atoms with Crippen molar-refractivity contribution in [3.8, 4) is 11.4 Å². The molecule has 6 heteroatoms. The molecule has 1 amide bonds. The molecule has 2 heterocycles. The fraction of sp³-hybridized carbons (Fsp3) is 0.318. The normalized spacial score (nSPS) is 13.4. The van der Waals surface area contributed by atoms with Crippen LogP contribution in [-0.2, 0) is 17.6 Å². The van der Waals surface area contributed by atoms with Crippen LogP contribution in [0.3, 0.4) is 0 Å². The number of benzene rings is 2. The number of amides is 1. The number of carbonyl (C=O) groups is 1. The van der Waals surface area contributed by atoms with Crippen molar-refractivity contribution in [3.63, 3.8) is 0 Å². The zero-order valence-electron chi connectivity index (χ0n) is 15.8. The van der Waals surface area contributed by atoms with Crippen molar-refractivity contribution >= 4 is 11.6 Å². The molecule has 4 rings (SSSR count). The Labute approximate surface area is 163 Å². The van der Waals surface area contributed by atoms with E-state index in [-0.39, 0.29) is 11.7 Å². The van der Waals surface area contributed by atoms with Crippen LogP contribution in [0.4, 0.5) is 10.1 Å². The van der Waals surface area contributed by atoms with E-state index in [4.69, 9.17) is 4.52 Å². The summed E-state index contributed by atoms with van der Waals surface area (Å²) in [6.45, 7) is 2.83. The summed E-state index contributed by atoms with van der Waals surface area (Å²) in [6.07, 6.45) is 3.62. The van der Waals surface area contributed by atoms with Crippen LogP contribution in [0.1, 0.15) is 36.3 Å². The van der Waals surface area contributed by atoms with Crippen LogP contribution in [0.5, 0.6) is 0 Å². The van der Waals surface area contributed by atoms with Crippen molar-refractivity contribution in [2.45, 2.75) is 39.0 Å². The van der Waals surface area contributed by atoms with Gasteiger partial charge in [0.2, 0.25) is 17.6 Å². The summed E-state index contributed by atoms with van der Waals surface area (Å²) in [5.41, 5.74) is 4.18. The highest BCUT2D eigenvalue weighted by Gasteiger charge is 2.23. The highest BCUT2D eigenvalue weighted by atomic mass is 19.1. The highest BCUT2D eigenvalue weighted by molar-refractivity contribution is 5.95. The second-order valence-corrected chi connectivity index (χ2v) is 7.10. The maximum absolute atomic E-state index is 13.0. The summed E-state index contributed by atoms with van der Waals surface area (Å²) in [5.74, 6) is 0.748. The third-order valence-electron chi connectivity index (χ3n) is 5.07. The quantitative estimate of drug-likeness (QED) is 0.655. The van der Waals surface area contributed by atoms with Crippen molar-refractivity contribution in [2.24, 2.45) is 0 Å². The first-order valence-corrected chi connectivity index (χ1v) is 9.59. The van der Waals surface area contributed by atoms with Gasteiger partial charge in [-0.1, -0.05) is 23.4 Å². The number of carbonyl (C=O) groups excluding carboxylic acids is 1. The van der Waals surface area contributed by atoms with Gasteiger partial charge in [-0.15, -0.1) is 0 Å². The molecule has 0 bridgehead atoms. The Hall–Kier alpha value is -3.02. The average molecular weight is 379 g/mol. The second-order valence-electron chi connectivity index (χ2n) is 7.10. The SMILES string of the molecule is Cc1cccc2c1N(C(=O)CCCc1nc(-c3ccc(F)cc3)no1)CCC2. The molecule has 0 radical (unpaired) electrons. The zero-order chi connectivity index (χ0) is 19.5. The largest absolute Gasteiger partial charge is 0.339 e. The lowest BCUT2D eigenvalue weighted by Gasteiger charge is -2.31. The van der Waals surface area contributed by atoms with Gasteiger partial charge in [0.25, 0.3) is 0 Å². The molecule has 1 aromatic heterocycles. The van der Waals surface area contributed by atoms with E-state index in [1.807, 2.05) is 4.90 Å². The van der Waals surface area contributed by atoms with Gasteiger partial charge in [0.1, 0.15) is 5.82 Å². The smallest absolute Gasteiger partial charge is 0.227 e. The van der Waals surface area contributed by atoms with E-state index in [0.717, 1.165) is 30.6 Å². The van der Waals surface area contributed by atoms with Crippen molar-refractivity contribution in [2.75, 3.05) is 11.4 Å². The molecule has 0 saturated heterocycles. The average Bonchev–Trinajstić information content (AvgIpc) is 3.17. The minimum atomic E-state index is -0.305. The number of fused-ring (bicyclic) bond motifs is 1. The van der Waals surface area contributed by atoms with Crippen molar-refractivity contribution in [1.82, 2.24) is 10.1 Å². The molecule has 0 spiro atoms. The lowest BCUT2D eigenvalue weighted by atomic mass is 9.98.